The highest BCUT2D eigenvalue weighted by Gasteiger charge is 2.01. The maximum absolute atomic E-state index is 10.6. The molecule has 0 radical (unpaired) electrons. The van der Waals surface area contributed by atoms with Gasteiger partial charge >= 0.3 is 0 Å². The van der Waals surface area contributed by atoms with E-state index in [-0.39, 0.29) is 19.3 Å². The number of hydrogen-bond acceptors (Lipinski definition) is 6. The summed E-state index contributed by atoms with van der Waals surface area (Å²) in [5.41, 5.74) is 0. The van der Waals surface area contributed by atoms with E-state index in [1.165, 1.54) is 19.1 Å². The fourth-order valence-electron chi connectivity index (χ4n) is 1.81. The second kappa shape index (κ2) is 38.9. The van der Waals surface area contributed by atoms with Crippen molar-refractivity contribution in [2.45, 2.75) is 161 Å². The topological polar surface area (TPSA) is 71.1 Å². The van der Waals surface area contributed by atoms with Gasteiger partial charge in [0.2, 0.25) is 0 Å². The molecule has 0 N–H and O–H groups in total. The maximum atomic E-state index is 10.6. The van der Waals surface area contributed by atoms with Crippen molar-refractivity contribution >= 4 is 9.84 Å². The molecule has 38 heavy (non-hydrogen) atoms. The summed E-state index contributed by atoms with van der Waals surface area (Å²) in [6.45, 7) is 32.4. The Labute approximate surface area is 242 Å². The van der Waals surface area contributed by atoms with E-state index in [4.69, 9.17) is 18.9 Å². The quantitative estimate of drug-likeness (QED) is 0.182. The van der Waals surface area contributed by atoms with Crippen molar-refractivity contribution in [1.29, 1.82) is 0 Å². The molecule has 0 saturated carbocycles. The van der Waals surface area contributed by atoms with E-state index >= 15 is 0 Å². The monoisotopic (exact) mass is 575 g/mol. The number of rotatable bonds is 15. The summed E-state index contributed by atoms with van der Waals surface area (Å²) < 4.78 is 42.1. The molecule has 240 valence electrons. The number of unbranched alkanes of at least 4 members (excludes halogenated alkanes) is 1. The molecule has 0 aromatic carbocycles. The molecule has 0 aliphatic carbocycles. The zero-order valence-corrected chi connectivity index (χ0v) is 28.6. The molecular weight excluding hydrogens is 500 g/mol. The average Bonchev–Trinajstić information content (AvgIpc) is 2.74. The van der Waals surface area contributed by atoms with Gasteiger partial charge in [-0.2, -0.15) is 0 Å². The molecule has 0 rings (SSSR count). The van der Waals surface area contributed by atoms with Crippen LogP contribution in [0.25, 0.3) is 0 Å². The van der Waals surface area contributed by atoms with Crippen LogP contribution in [-0.2, 0) is 28.8 Å². The minimum Gasteiger partial charge on any atom is -0.379 e. The first-order chi connectivity index (χ1) is 17.0. The van der Waals surface area contributed by atoms with Gasteiger partial charge in [0, 0.05) is 32.7 Å². The van der Waals surface area contributed by atoms with Crippen molar-refractivity contribution < 1.29 is 27.4 Å². The van der Waals surface area contributed by atoms with Crippen molar-refractivity contribution in [2.24, 2.45) is 5.92 Å². The van der Waals surface area contributed by atoms with Gasteiger partial charge in [0.15, 0.2) is 0 Å². The third kappa shape index (κ3) is 100. The molecule has 0 aromatic heterocycles. The number of ether oxygens (including phenoxy) is 4. The first-order valence-corrected chi connectivity index (χ1v) is 16.7. The summed E-state index contributed by atoms with van der Waals surface area (Å²) in [5.74, 6) is 1.06. The van der Waals surface area contributed by atoms with Gasteiger partial charge in [-0.05, 0) is 87.0 Å². The fraction of sp³-hybridized carbons (Fsp3) is 1.00. The lowest BCUT2D eigenvalue weighted by molar-refractivity contribution is 0.0766. The van der Waals surface area contributed by atoms with Gasteiger partial charge in [-0.25, -0.2) is 8.42 Å². The molecule has 0 fully saturated rings. The predicted molar refractivity (Wildman–Crippen MR) is 171 cm³/mol. The second-order valence-electron chi connectivity index (χ2n) is 10.7. The highest BCUT2D eigenvalue weighted by molar-refractivity contribution is 7.90. The van der Waals surface area contributed by atoms with Crippen LogP contribution in [0, 0.1) is 5.92 Å². The summed E-state index contributed by atoms with van der Waals surface area (Å²) in [5, 5.41) is 0. The normalized spacial score (nSPS) is 10.5. The summed E-state index contributed by atoms with van der Waals surface area (Å²) in [6, 6.07) is 0. The highest BCUT2D eigenvalue weighted by Crippen LogP contribution is 1.94. The van der Waals surface area contributed by atoms with Crippen LogP contribution >= 0.6 is 0 Å². The Morgan fingerprint density at radius 2 is 0.763 bits per heavy atom. The smallest absolute Gasteiger partial charge is 0.147 e. The number of hydrogen-bond donors (Lipinski definition) is 0. The minimum absolute atomic E-state index is 0. The van der Waals surface area contributed by atoms with Crippen molar-refractivity contribution in [3.8, 4) is 0 Å². The Bertz CT molecular complexity index is 460. The zero-order valence-electron chi connectivity index (χ0n) is 27.8. The Kier molecular flexibility index (Phi) is 51.9. The van der Waals surface area contributed by atoms with Crippen LogP contribution in [0.1, 0.15) is 136 Å². The van der Waals surface area contributed by atoms with Gasteiger partial charge in [0.25, 0.3) is 0 Å². The molecule has 0 atom stereocenters. The van der Waals surface area contributed by atoms with Crippen LogP contribution in [0.3, 0.4) is 0 Å². The standard InChI is InChI=1S/C7H16O3S.C7H16O.2C6H14O.C4H10.CH4/c1-7(2)10-5-4-6-11(3,8)9;1-4-5-6-8-7(2)3;2*1-4-5-7-6(2)3;1-4(2)3;/h7H,4-6H2,1-3H3;7H,4-6H2,1-3H3;2*6H,4-5H2,1-3H3;4H,1-3H3;1H4. The van der Waals surface area contributed by atoms with Gasteiger partial charge in [0.05, 0.1) is 30.2 Å². The van der Waals surface area contributed by atoms with Gasteiger partial charge in [-0.1, -0.05) is 55.4 Å². The van der Waals surface area contributed by atoms with Crippen LogP contribution in [-0.4, -0.2) is 71.3 Å². The molecule has 0 saturated heterocycles. The first-order valence-electron chi connectivity index (χ1n) is 14.6. The lowest BCUT2D eigenvalue weighted by atomic mass is 10.3. The van der Waals surface area contributed by atoms with Gasteiger partial charge in [0.1, 0.15) is 9.84 Å². The van der Waals surface area contributed by atoms with E-state index in [9.17, 15) is 8.42 Å². The summed E-state index contributed by atoms with van der Waals surface area (Å²) in [4.78, 5) is 0. The van der Waals surface area contributed by atoms with E-state index in [0.717, 1.165) is 38.6 Å². The van der Waals surface area contributed by atoms with Crippen LogP contribution in [0.2, 0.25) is 0 Å². The molecule has 0 heterocycles. The van der Waals surface area contributed by atoms with Crippen LogP contribution < -0.4 is 0 Å². The molecule has 0 unspecified atom stereocenters. The van der Waals surface area contributed by atoms with Crippen LogP contribution in [0.5, 0.6) is 0 Å². The van der Waals surface area contributed by atoms with Crippen molar-refractivity contribution in [3.05, 3.63) is 0 Å². The van der Waals surface area contributed by atoms with E-state index in [1.54, 1.807) is 0 Å². The summed E-state index contributed by atoms with van der Waals surface area (Å²) in [7, 11) is -2.80. The first kappa shape index (κ1) is 50.6. The summed E-state index contributed by atoms with van der Waals surface area (Å²) in [6.07, 6.45) is 7.90. The predicted octanol–water partition coefficient (Wildman–Crippen LogP) is 9.00. The van der Waals surface area contributed by atoms with Crippen molar-refractivity contribution in [1.82, 2.24) is 0 Å². The molecule has 0 aliphatic heterocycles. The van der Waals surface area contributed by atoms with Crippen LogP contribution in [0.4, 0.5) is 0 Å². The van der Waals surface area contributed by atoms with Gasteiger partial charge in [-0.3, -0.25) is 0 Å². The Hall–Kier alpha value is -0.210. The Morgan fingerprint density at radius 3 is 0.947 bits per heavy atom. The zero-order chi connectivity index (χ0) is 30.3. The molecule has 0 spiro atoms. The van der Waals surface area contributed by atoms with Gasteiger partial charge in [-0.15, -0.1) is 0 Å². The third-order valence-electron chi connectivity index (χ3n) is 3.37. The van der Waals surface area contributed by atoms with Gasteiger partial charge < -0.3 is 18.9 Å². The molecule has 0 bridgehead atoms. The minimum atomic E-state index is -2.80. The fourth-order valence-corrected chi connectivity index (χ4v) is 2.45. The van der Waals surface area contributed by atoms with E-state index in [0.29, 0.717) is 31.3 Å². The van der Waals surface area contributed by atoms with Crippen molar-refractivity contribution in [2.75, 3.05) is 38.4 Å². The highest BCUT2D eigenvalue weighted by atomic mass is 32.2. The second-order valence-corrected chi connectivity index (χ2v) is 13.0. The lowest BCUT2D eigenvalue weighted by Crippen LogP contribution is -2.09. The Morgan fingerprint density at radius 1 is 0.500 bits per heavy atom. The lowest BCUT2D eigenvalue weighted by Gasteiger charge is -2.05. The summed E-state index contributed by atoms with van der Waals surface area (Å²) >= 11 is 0. The third-order valence-corrected chi connectivity index (χ3v) is 4.40. The number of sulfone groups is 1. The van der Waals surface area contributed by atoms with E-state index in [1.807, 2.05) is 13.8 Å². The van der Waals surface area contributed by atoms with Crippen molar-refractivity contribution in [3.63, 3.8) is 0 Å². The molecule has 0 amide bonds. The Balaban J connectivity index is -0.0000000863. The molecular formula is C31H74O6S. The SMILES string of the molecule is C.CC(C)C.CC(C)OCCCS(C)(=O)=O.CCCCOC(C)C.CCCOC(C)C.CCCOC(C)C. The van der Waals surface area contributed by atoms with E-state index in [2.05, 4.69) is 83.1 Å². The molecule has 0 aromatic rings. The maximum Gasteiger partial charge on any atom is 0.147 e. The molecule has 0 aliphatic rings. The molecule has 7 heteroatoms. The molecule has 6 nitrogen and oxygen atoms in total. The average molecular weight is 575 g/mol. The largest absolute Gasteiger partial charge is 0.379 e. The van der Waals surface area contributed by atoms with E-state index < -0.39 is 9.84 Å². The van der Waals surface area contributed by atoms with Crippen LogP contribution in [0.15, 0.2) is 0 Å².